The van der Waals surface area contributed by atoms with Crippen molar-refractivity contribution in [2.24, 2.45) is 11.0 Å². The molecule has 28 heavy (non-hydrogen) atoms. The summed E-state index contributed by atoms with van der Waals surface area (Å²) in [7, 11) is -3.85. The smallest absolute Gasteiger partial charge is 0.258 e. The van der Waals surface area contributed by atoms with Crippen LogP contribution in [0, 0.1) is 12.8 Å². The van der Waals surface area contributed by atoms with Gasteiger partial charge in [0.25, 0.3) is 5.91 Å². The Balaban J connectivity index is 2.11. The van der Waals surface area contributed by atoms with E-state index in [0.29, 0.717) is 12.0 Å². The number of hydrazone groups is 1. The van der Waals surface area contributed by atoms with Crippen molar-refractivity contribution in [3.8, 4) is 5.75 Å². The van der Waals surface area contributed by atoms with Crippen LogP contribution in [-0.4, -0.2) is 31.7 Å². The average Bonchev–Trinajstić information content (AvgIpc) is 2.61. The molecule has 7 nitrogen and oxygen atoms in total. The molecule has 1 amide bonds. The van der Waals surface area contributed by atoms with E-state index in [0.717, 1.165) is 5.56 Å². The Bertz CT molecular complexity index is 938. The fourth-order valence-corrected chi connectivity index (χ4v) is 3.71. The minimum atomic E-state index is -3.85. The molecule has 0 radical (unpaired) electrons. The Labute approximate surface area is 165 Å². The van der Waals surface area contributed by atoms with Gasteiger partial charge in [-0.3, -0.25) is 4.79 Å². The molecule has 0 fully saturated rings. The lowest BCUT2D eigenvalue weighted by molar-refractivity contribution is -0.123. The van der Waals surface area contributed by atoms with E-state index in [-0.39, 0.29) is 16.6 Å². The number of nitrogens with zero attached hydrogens (tertiary/aromatic N) is 1. The lowest BCUT2D eigenvalue weighted by Crippen LogP contribution is -2.46. The van der Waals surface area contributed by atoms with E-state index in [4.69, 9.17) is 0 Å². The average molecular weight is 404 g/mol. The molecule has 0 spiro atoms. The fourth-order valence-electron chi connectivity index (χ4n) is 2.51. The van der Waals surface area contributed by atoms with Crippen LogP contribution in [0.4, 0.5) is 0 Å². The molecule has 3 N–H and O–H groups in total. The second-order valence-corrected chi connectivity index (χ2v) is 8.66. The minimum Gasteiger partial charge on any atom is -0.508 e. The number of amides is 1. The second-order valence-electron chi connectivity index (χ2n) is 6.95. The molecule has 2 rings (SSSR count). The van der Waals surface area contributed by atoms with Crippen molar-refractivity contribution in [3.63, 3.8) is 0 Å². The molecule has 0 saturated heterocycles. The van der Waals surface area contributed by atoms with Gasteiger partial charge in [0.1, 0.15) is 11.8 Å². The van der Waals surface area contributed by atoms with Crippen molar-refractivity contribution in [1.29, 1.82) is 0 Å². The molecule has 2 aromatic rings. The summed E-state index contributed by atoms with van der Waals surface area (Å²) in [5.74, 6) is -0.383. The predicted molar refractivity (Wildman–Crippen MR) is 109 cm³/mol. The number of phenolic OH excluding ortho intramolecular Hbond substituents is 1. The lowest BCUT2D eigenvalue weighted by atomic mass is 10.0. The number of hydrogen-bond donors (Lipinski definition) is 3. The number of phenols is 1. The zero-order valence-corrected chi connectivity index (χ0v) is 16.9. The number of aromatic hydroxyl groups is 1. The Morgan fingerprint density at radius 1 is 1.18 bits per heavy atom. The highest BCUT2D eigenvalue weighted by Gasteiger charge is 2.26. The van der Waals surface area contributed by atoms with E-state index in [2.05, 4.69) is 15.2 Å². The van der Waals surface area contributed by atoms with Crippen LogP contribution in [0.5, 0.6) is 5.75 Å². The normalized spacial score (nSPS) is 13.0. The molecular weight excluding hydrogens is 378 g/mol. The SMILES string of the molecule is Cc1ccc(S(=O)(=O)N[C@@H](CC(C)C)C(=O)N/N=C\c2cccc(O)c2)cc1. The largest absolute Gasteiger partial charge is 0.508 e. The zero-order chi connectivity index (χ0) is 20.7. The summed E-state index contributed by atoms with van der Waals surface area (Å²) in [6.45, 7) is 5.66. The highest BCUT2D eigenvalue weighted by Crippen LogP contribution is 2.13. The monoisotopic (exact) mass is 403 g/mol. The van der Waals surface area contributed by atoms with E-state index in [1.54, 1.807) is 24.3 Å². The number of aryl methyl sites for hydroxylation is 1. The first-order chi connectivity index (χ1) is 13.2. The Hall–Kier alpha value is -2.71. The van der Waals surface area contributed by atoms with Crippen LogP contribution in [-0.2, 0) is 14.8 Å². The molecule has 0 saturated carbocycles. The third-order valence-corrected chi connectivity index (χ3v) is 5.40. The van der Waals surface area contributed by atoms with Crippen LogP contribution >= 0.6 is 0 Å². The van der Waals surface area contributed by atoms with Crippen molar-refractivity contribution in [1.82, 2.24) is 10.1 Å². The van der Waals surface area contributed by atoms with E-state index < -0.39 is 22.0 Å². The van der Waals surface area contributed by atoms with E-state index >= 15 is 0 Å². The number of carbonyl (C=O) groups excluding carboxylic acids is 1. The Morgan fingerprint density at radius 2 is 1.86 bits per heavy atom. The molecule has 1 atom stereocenters. The van der Waals surface area contributed by atoms with Crippen molar-refractivity contribution in [2.45, 2.75) is 38.1 Å². The van der Waals surface area contributed by atoms with Crippen LogP contribution in [0.3, 0.4) is 0 Å². The van der Waals surface area contributed by atoms with Gasteiger partial charge in [0.05, 0.1) is 11.1 Å². The topological polar surface area (TPSA) is 108 Å². The summed E-state index contributed by atoms with van der Waals surface area (Å²) in [6, 6.07) is 11.8. The minimum absolute atomic E-state index is 0.0822. The summed E-state index contributed by atoms with van der Waals surface area (Å²) in [5, 5.41) is 13.3. The maximum absolute atomic E-state index is 12.6. The molecular formula is C20H25N3O4S. The van der Waals surface area contributed by atoms with Crippen molar-refractivity contribution in [3.05, 3.63) is 59.7 Å². The summed E-state index contributed by atoms with van der Waals surface area (Å²) < 4.78 is 27.7. The lowest BCUT2D eigenvalue weighted by Gasteiger charge is -2.19. The summed E-state index contributed by atoms with van der Waals surface area (Å²) in [5.41, 5.74) is 3.90. The van der Waals surface area contributed by atoms with Crippen molar-refractivity contribution < 1.29 is 18.3 Å². The van der Waals surface area contributed by atoms with Gasteiger partial charge < -0.3 is 5.11 Å². The molecule has 0 aliphatic carbocycles. The van der Waals surface area contributed by atoms with Crippen LogP contribution in [0.25, 0.3) is 0 Å². The molecule has 8 heteroatoms. The first-order valence-corrected chi connectivity index (χ1v) is 10.4. The number of benzene rings is 2. The first kappa shape index (κ1) is 21.6. The second kappa shape index (κ2) is 9.48. The standard InChI is InChI=1S/C20H25N3O4S/c1-14(2)11-19(23-28(26,27)18-9-7-15(3)8-10-18)20(25)22-21-13-16-5-4-6-17(24)12-16/h4-10,12-14,19,23-24H,11H2,1-3H3,(H,22,25)/b21-13-/t19-/m0/s1. The third kappa shape index (κ3) is 6.47. The Morgan fingerprint density at radius 3 is 2.46 bits per heavy atom. The quantitative estimate of drug-likeness (QED) is 0.465. The number of nitrogens with one attached hydrogen (secondary N) is 2. The zero-order valence-electron chi connectivity index (χ0n) is 16.1. The molecule has 0 aromatic heterocycles. The van der Waals surface area contributed by atoms with Crippen molar-refractivity contribution in [2.75, 3.05) is 0 Å². The Kier molecular flexibility index (Phi) is 7.31. The van der Waals surface area contributed by atoms with Gasteiger partial charge >= 0.3 is 0 Å². The van der Waals surface area contributed by atoms with Crippen LogP contribution in [0.1, 0.15) is 31.4 Å². The van der Waals surface area contributed by atoms with Crippen molar-refractivity contribution >= 4 is 22.1 Å². The number of hydrogen-bond acceptors (Lipinski definition) is 5. The predicted octanol–water partition coefficient (Wildman–Crippen LogP) is 2.54. The summed E-state index contributed by atoms with van der Waals surface area (Å²) >= 11 is 0. The molecule has 0 bridgehead atoms. The highest BCUT2D eigenvalue weighted by atomic mass is 32.2. The molecule has 150 valence electrons. The summed E-state index contributed by atoms with van der Waals surface area (Å²) in [6.07, 6.45) is 1.69. The van der Waals surface area contributed by atoms with Gasteiger partial charge in [-0.15, -0.1) is 0 Å². The number of rotatable bonds is 8. The van der Waals surface area contributed by atoms with Gasteiger partial charge in [0.15, 0.2) is 0 Å². The highest BCUT2D eigenvalue weighted by molar-refractivity contribution is 7.89. The van der Waals surface area contributed by atoms with E-state index in [1.807, 2.05) is 20.8 Å². The van der Waals surface area contributed by atoms with Crippen LogP contribution in [0.15, 0.2) is 58.5 Å². The number of carbonyl (C=O) groups is 1. The van der Waals surface area contributed by atoms with E-state index in [9.17, 15) is 18.3 Å². The molecule has 2 aromatic carbocycles. The molecule has 0 heterocycles. The third-order valence-electron chi connectivity index (χ3n) is 3.91. The van der Waals surface area contributed by atoms with Gasteiger partial charge in [-0.25, -0.2) is 13.8 Å². The van der Waals surface area contributed by atoms with E-state index in [1.165, 1.54) is 30.5 Å². The van der Waals surface area contributed by atoms with Crippen LogP contribution < -0.4 is 10.1 Å². The summed E-state index contributed by atoms with van der Waals surface area (Å²) in [4.78, 5) is 12.6. The first-order valence-electron chi connectivity index (χ1n) is 8.88. The van der Waals surface area contributed by atoms with Crippen LogP contribution in [0.2, 0.25) is 0 Å². The maximum Gasteiger partial charge on any atom is 0.258 e. The molecule has 0 aliphatic heterocycles. The maximum atomic E-state index is 12.6. The molecule has 0 unspecified atom stereocenters. The van der Waals surface area contributed by atoms with Gasteiger partial charge in [0, 0.05) is 0 Å². The van der Waals surface area contributed by atoms with Gasteiger partial charge in [-0.2, -0.15) is 9.82 Å². The molecule has 0 aliphatic rings. The van der Waals surface area contributed by atoms with Gasteiger partial charge in [-0.05, 0) is 49.1 Å². The fraction of sp³-hybridized carbons (Fsp3) is 0.300. The van der Waals surface area contributed by atoms with Gasteiger partial charge in [0.2, 0.25) is 10.0 Å². The number of sulfonamides is 1. The van der Waals surface area contributed by atoms with Gasteiger partial charge in [-0.1, -0.05) is 43.7 Å².